The summed E-state index contributed by atoms with van der Waals surface area (Å²) in [5, 5.41) is 13.2. The summed E-state index contributed by atoms with van der Waals surface area (Å²) in [5.74, 6) is -0.489. The number of carbonyl (C=O) groups excluding carboxylic acids is 1. The van der Waals surface area contributed by atoms with Crippen molar-refractivity contribution < 1.29 is 9.90 Å². The van der Waals surface area contributed by atoms with E-state index < -0.39 is 0 Å². The standard InChI is InChI=1S/C21H20BrN3O3S/c1-3-17-19(27)24-21(25(20(17)28)16-10-4-13(2)5-11-16)29-12-18(26)23-15-8-6-14(22)7-9-15/h4-11,27H,3,12H2,1-2H3,(H,23,26). The first-order chi connectivity index (χ1) is 13.9. The lowest BCUT2D eigenvalue weighted by atomic mass is 10.2. The highest BCUT2D eigenvalue weighted by atomic mass is 79.9. The summed E-state index contributed by atoms with van der Waals surface area (Å²) in [5.41, 5.74) is 2.28. The Kier molecular flexibility index (Phi) is 6.76. The number of anilines is 1. The Morgan fingerprint density at radius 1 is 1.17 bits per heavy atom. The number of amides is 1. The molecule has 3 aromatic rings. The summed E-state index contributed by atoms with van der Waals surface area (Å²) >= 11 is 4.45. The number of benzene rings is 2. The molecule has 6 nitrogen and oxygen atoms in total. The van der Waals surface area contributed by atoms with Crippen LogP contribution in [-0.2, 0) is 11.2 Å². The highest BCUT2D eigenvalue weighted by Gasteiger charge is 2.18. The first kappa shape index (κ1) is 21.1. The fourth-order valence-corrected chi connectivity index (χ4v) is 3.78. The summed E-state index contributed by atoms with van der Waals surface area (Å²) in [7, 11) is 0. The number of aryl methyl sites for hydroxylation is 1. The fourth-order valence-electron chi connectivity index (χ4n) is 2.71. The Morgan fingerprint density at radius 3 is 2.45 bits per heavy atom. The maximum absolute atomic E-state index is 12.9. The summed E-state index contributed by atoms with van der Waals surface area (Å²) in [6.45, 7) is 3.75. The van der Waals surface area contributed by atoms with Gasteiger partial charge in [0.15, 0.2) is 5.16 Å². The minimum absolute atomic E-state index is 0.0409. The van der Waals surface area contributed by atoms with Gasteiger partial charge in [-0.15, -0.1) is 0 Å². The van der Waals surface area contributed by atoms with Gasteiger partial charge in [0.25, 0.3) is 5.56 Å². The van der Waals surface area contributed by atoms with E-state index in [2.05, 4.69) is 26.2 Å². The average molecular weight is 474 g/mol. The minimum atomic E-state index is -0.334. The van der Waals surface area contributed by atoms with E-state index in [0.29, 0.717) is 17.8 Å². The van der Waals surface area contributed by atoms with E-state index in [4.69, 9.17) is 0 Å². The molecule has 0 aliphatic rings. The van der Waals surface area contributed by atoms with Crippen molar-refractivity contribution in [3.8, 4) is 11.6 Å². The second-order valence-corrected chi connectivity index (χ2v) is 8.23. The van der Waals surface area contributed by atoms with Gasteiger partial charge in [-0.25, -0.2) is 0 Å². The van der Waals surface area contributed by atoms with Crippen LogP contribution in [0.1, 0.15) is 18.1 Å². The lowest BCUT2D eigenvalue weighted by Crippen LogP contribution is -2.25. The highest BCUT2D eigenvalue weighted by Crippen LogP contribution is 2.23. The van der Waals surface area contributed by atoms with E-state index in [1.165, 1.54) is 4.57 Å². The normalized spacial score (nSPS) is 10.7. The molecule has 150 valence electrons. The third-order valence-corrected chi connectivity index (χ3v) is 5.70. The van der Waals surface area contributed by atoms with E-state index >= 15 is 0 Å². The summed E-state index contributed by atoms with van der Waals surface area (Å²) in [4.78, 5) is 29.5. The number of nitrogens with one attached hydrogen (secondary N) is 1. The number of nitrogens with zero attached hydrogens (tertiary/aromatic N) is 2. The molecule has 0 spiro atoms. The number of aromatic hydroxyl groups is 1. The predicted molar refractivity (Wildman–Crippen MR) is 119 cm³/mol. The van der Waals surface area contributed by atoms with Crippen molar-refractivity contribution in [2.45, 2.75) is 25.4 Å². The van der Waals surface area contributed by atoms with Crippen LogP contribution >= 0.6 is 27.7 Å². The van der Waals surface area contributed by atoms with Crippen molar-refractivity contribution in [3.05, 3.63) is 74.5 Å². The van der Waals surface area contributed by atoms with E-state index in [9.17, 15) is 14.7 Å². The number of thioether (sulfide) groups is 1. The van der Waals surface area contributed by atoms with Crippen molar-refractivity contribution >= 4 is 39.3 Å². The van der Waals surface area contributed by atoms with Crippen LogP contribution in [0.4, 0.5) is 5.69 Å². The molecule has 0 aliphatic heterocycles. The fraction of sp³-hybridized carbons (Fsp3) is 0.190. The summed E-state index contributed by atoms with van der Waals surface area (Å²) < 4.78 is 2.36. The molecule has 0 unspecified atom stereocenters. The van der Waals surface area contributed by atoms with Gasteiger partial charge in [-0.05, 0) is 49.7 Å². The van der Waals surface area contributed by atoms with Gasteiger partial charge < -0.3 is 10.4 Å². The number of hydrogen-bond donors (Lipinski definition) is 2. The Hall–Kier alpha value is -2.58. The van der Waals surface area contributed by atoms with Gasteiger partial charge in [-0.1, -0.05) is 52.3 Å². The quantitative estimate of drug-likeness (QED) is 0.411. The first-order valence-electron chi connectivity index (χ1n) is 8.99. The monoisotopic (exact) mass is 473 g/mol. The van der Waals surface area contributed by atoms with Crippen LogP contribution < -0.4 is 10.9 Å². The predicted octanol–water partition coefficient (Wildman–Crippen LogP) is 4.30. The zero-order chi connectivity index (χ0) is 21.0. The van der Waals surface area contributed by atoms with Gasteiger partial charge in [-0.3, -0.25) is 14.2 Å². The molecule has 0 aliphatic carbocycles. The molecule has 29 heavy (non-hydrogen) atoms. The molecule has 0 radical (unpaired) electrons. The van der Waals surface area contributed by atoms with E-state index in [0.717, 1.165) is 21.8 Å². The van der Waals surface area contributed by atoms with Gasteiger partial charge in [0.1, 0.15) is 0 Å². The zero-order valence-electron chi connectivity index (χ0n) is 16.0. The maximum atomic E-state index is 12.9. The van der Waals surface area contributed by atoms with Crippen LogP contribution in [0.2, 0.25) is 0 Å². The molecule has 8 heteroatoms. The van der Waals surface area contributed by atoms with Crippen molar-refractivity contribution in [1.29, 1.82) is 0 Å². The molecule has 0 fully saturated rings. The Morgan fingerprint density at radius 2 is 1.83 bits per heavy atom. The Labute approximate surface area is 181 Å². The molecule has 0 atom stereocenters. The molecule has 0 saturated heterocycles. The average Bonchev–Trinajstić information content (AvgIpc) is 2.69. The van der Waals surface area contributed by atoms with Crippen LogP contribution in [0.3, 0.4) is 0 Å². The third kappa shape index (κ3) is 5.07. The van der Waals surface area contributed by atoms with Crippen LogP contribution in [-0.4, -0.2) is 26.3 Å². The molecule has 2 N–H and O–H groups in total. The van der Waals surface area contributed by atoms with Gasteiger partial charge in [-0.2, -0.15) is 4.98 Å². The molecule has 2 aromatic carbocycles. The molecular weight excluding hydrogens is 454 g/mol. The van der Waals surface area contributed by atoms with Gasteiger partial charge in [0.05, 0.1) is 17.0 Å². The Balaban J connectivity index is 1.87. The van der Waals surface area contributed by atoms with Crippen LogP contribution in [0.25, 0.3) is 5.69 Å². The second-order valence-electron chi connectivity index (χ2n) is 6.37. The summed E-state index contributed by atoms with van der Waals surface area (Å²) in [6, 6.07) is 14.7. The van der Waals surface area contributed by atoms with Crippen LogP contribution in [0.15, 0.2) is 63.0 Å². The van der Waals surface area contributed by atoms with E-state index in [1.54, 1.807) is 19.1 Å². The van der Waals surface area contributed by atoms with Crippen molar-refractivity contribution in [2.24, 2.45) is 0 Å². The number of aromatic nitrogens is 2. The number of rotatable bonds is 6. The number of hydrogen-bond acceptors (Lipinski definition) is 5. The largest absolute Gasteiger partial charge is 0.493 e. The SMILES string of the molecule is CCc1c(O)nc(SCC(=O)Nc2ccc(Br)cc2)n(-c2ccc(C)cc2)c1=O. The highest BCUT2D eigenvalue weighted by molar-refractivity contribution is 9.10. The minimum Gasteiger partial charge on any atom is -0.493 e. The second kappa shape index (κ2) is 9.28. The smallest absolute Gasteiger partial charge is 0.265 e. The first-order valence-corrected chi connectivity index (χ1v) is 10.8. The third-order valence-electron chi connectivity index (χ3n) is 4.23. The van der Waals surface area contributed by atoms with Crippen molar-refractivity contribution in [2.75, 3.05) is 11.1 Å². The summed E-state index contributed by atoms with van der Waals surface area (Å²) in [6.07, 6.45) is 0.360. The number of halogens is 1. The maximum Gasteiger partial charge on any atom is 0.265 e. The number of carbonyl (C=O) groups is 1. The van der Waals surface area contributed by atoms with Crippen molar-refractivity contribution in [3.63, 3.8) is 0 Å². The molecule has 1 heterocycles. The molecule has 0 bridgehead atoms. The Bertz CT molecular complexity index is 1080. The molecule has 1 amide bonds. The molecular formula is C21H20BrN3O3S. The molecule has 3 rings (SSSR count). The van der Waals surface area contributed by atoms with Crippen LogP contribution in [0.5, 0.6) is 5.88 Å². The van der Waals surface area contributed by atoms with Gasteiger partial charge >= 0.3 is 0 Å². The van der Waals surface area contributed by atoms with Gasteiger partial charge in [0.2, 0.25) is 11.8 Å². The van der Waals surface area contributed by atoms with E-state index in [-0.39, 0.29) is 33.8 Å². The topological polar surface area (TPSA) is 84.2 Å². The molecule has 1 aromatic heterocycles. The van der Waals surface area contributed by atoms with E-state index in [1.807, 2.05) is 43.3 Å². The zero-order valence-corrected chi connectivity index (χ0v) is 18.4. The molecule has 0 saturated carbocycles. The van der Waals surface area contributed by atoms with Crippen LogP contribution in [0, 0.1) is 6.92 Å². The van der Waals surface area contributed by atoms with Gasteiger partial charge in [0, 0.05) is 10.2 Å². The lowest BCUT2D eigenvalue weighted by molar-refractivity contribution is -0.113. The lowest BCUT2D eigenvalue weighted by Gasteiger charge is -2.14. The van der Waals surface area contributed by atoms with Crippen molar-refractivity contribution in [1.82, 2.24) is 9.55 Å².